The zero-order valence-electron chi connectivity index (χ0n) is 17.6. The zero-order chi connectivity index (χ0) is 21.5. The Morgan fingerprint density at radius 3 is 2.35 bits per heavy atom. The first-order chi connectivity index (χ1) is 15.2. The van der Waals surface area contributed by atoms with E-state index in [1.54, 1.807) is 29.4 Å². The minimum Gasteiger partial charge on any atom is -0.467 e. The number of piperidine rings is 1. The van der Waals surface area contributed by atoms with Gasteiger partial charge in [0.2, 0.25) is 5.91 Å². The van der Waals surface area contributed by atoms with Gasteiger partial charge in [0.1, 0.15) is 5.76 Å². The van der Waals surface area contributed by atoms with Crippen molar-refractivity contribution in [1.29, 1.82) is 0 Å². The molecule has 2 aromatic heterocycles. The van der Waals surface area contributed by atoms with E-state index in [2.05, 4.69) is 24.3 Å². The summed E-state index contributed by atoms with van der Waals surface area (Å²) in [5.74, 6) is 1.41. The minimum absolute atomic E-state index is 0.0925. The fourth-order valence-corrected chi connectivity index (χ4v) is 4.12. The lowest BCUT2D eigenvalue weighted by Gasteiger charge is -2.32. The van der Waals surface area contributed by atoms with Crippen molar-refractivity contribution in [2.75, 3.05) is 19.6 Å². The molecule has 1 aliphatic rings. The molecule has 2 amide bonds. The van der Waals surface area contributed by atoms with E-state index >= 15 is 0 Å². The van der Waals surface area contributed by atoms with Crippen LogP contribution in [0.5, 0.6) is 0 Å². The fourth-order valence-electron chi connectivity index (χ4n) is 4.12. The average molecular weight is 421 g/mol. The van der Waals surface area contributed by atoms with Gasteiger partial charge in [0.05, 0.1) is 19.1 Å². The number of benzene rings is 1. The number of hydrogen-bond donors (Lipinski definition) is 0. The number of amides is 2. The highest BCUT2D eigenvalue weighted by molar-refractivity contribution is 5.91. The summed E-state index contributed by atoms with van der Waals surface area (Å²) < 4.78 is 10.7. The molecule has 0 saturated carbocycles. The Morgan fingerprint density at radius 2 is 1.68 bits per heavy atom. The van der Waals surface area contributed by atoms with Crippen LogP contribution in [0, 0.1) is 5.92 Å². The molecule has 0 radical (unpaired) electrons. The van der Waals surface area contributed by atoms with Gasteiger partial charge in [-0.2, -0.15) is 0 Å². The number of hydrogen-bond acceptors (Lipinski definition) is 4. The van der Waals surface area contributed by atoms with Crippen molar-refractivity contribution in [3.63, 3.8) is 0 Å². The number of nitrogens with zero attached hydrogens (tertiary/aromatic N) is 2. The van der Waals surface area contributed by atoms with Gasteiger partial charge in [0, 0.05) is 26.1 Å². The van der Waals surface area contributed by atoms with Gasteiger partial charge in [-0.15, -0.1) is 0 Å². The highest BCUT2D eigenvalue weighted by Crippen LogP contribution is 2.22. The molecular weight excluding hydrogens is 392 g/mol. The third kappa shape index (κ3) is 5.66. The van der Waals surface area contributed by atoms with Crippen molar-refractivity contribution in [2.24, 2.45) is 5.92 Å². The molecule has 0 spiro atoms. The van der Waals surface area contributed by atoms with Crippen molar-refractivity contribution in [3.8, 4) is 0 Å². The summed E-state index contributed by atoms with van der Waals surface area (Å²) in [6.45, 7) is 2.18. The summed E-state index contributed by atoms with van der Waals surface area (Å²) in [6, 6.07) is 17.5. The SMILES string of the molecule is O=C(CCN(Cc1ccco1)C(=O)c1ccco1)N1CCC(Cc2ccccc2)CC1. The molecule has 0 bridgehead atoms. The van der Waals surface area contributed by atoms with Gasteiger partial charge < -0.3 is 18.6 Å². The molecule has 162 valence electrons. The highest BCUT2D eigenvalue weighted by atomic mass is 16.3. The molecule has 31 heavy (non-hydrogen) atoms. The van der Waals surface area contributed by atoms with E-state index < -0.39 is 0 Å². The lowest BCUT2D eigenvalue weighted by Crippen LogP contribution is -2.41. The second-order valence-electron chi connectivity index (χ2n) is 8.05. The summed E-state index contributed by atoms with van der Waals surface area (Å²) in [6.07, 6.45) is 6.44. The van der Waals surface area contributed by atoms with E-state index in [9.17, 15) is 9.59 Å². The first-order valence-electron chi connectivity index (χ1n) is 10.9. The number of rotatable bonds is 8. The van der Waals surface area contributed by atoms with Crippen LogP contribution in [0.4, 0.5) is 0 Å². The van der Waals surface area contributed by atoms with Gasteiger partial charge in [0.25, 0.3) is 5.91 Å². The van der Waals surface area contributed by atoms with Crippen LogP contribution in [-0.2, 0) is 17.8 Å². The maximum atomic E-state index is 12.8. The van der Waals surface area contributed by atoms with Crippen LogP contribution in [0.1, 0.15) is 41.1 Å². The third-order valence-corrected chi connectivity index (χ3v) is 5.88. The molecule has 1 aliphatic heterocycles. The van der Waals surface area contributed by atoms with E-state index in [0.29, 0.717) is 24.8 Å². The predicted molar refractivity (Wildman–Crippen MR) is 116 cm³/mol. The summed E-state index contributed by atoms with van der Waals surface area (Å²) >= 11 is 0. The molecule has 0 atom stereocenters. The molecule has 0 N–H and O–H groups in total. The van der Waals surface area contributed by atoms with E-state index in [1.165, 1.54) is 11.8 Å². The molecule has 1 saturated heterocycles. The molecular formula is C25H28N2O4. The third-order valence-electron chi connectivity index (χ3n) is 5.88. The molecule has 0 aliphatic carbocycles. The van der Waals surface area contributed by atoms with Crippen molar-refractivity contribution in [2.45, 2.75) is 32.2 Å². The number of likely N-dealkylation sites (tertiary alicyclic amines) is 1. The van der Waals surface area contributed by atoms with E-state index in [-0.39, 0.29) is 24.0 Å². The normalized spacial score (nSPS) is 14.5. The Balaban J connectivity index is 1.29. The fraction of sp³-hybridized carbons (Fsp3) is 0.360. The average Bonchev–Trinajstić information content (AvgIpc) is 3.51. The van der Waals surface area contributed by atoms with E-state index in [0.717, 1.165) is 32.4 Å². The van der Waals surface area contributed by atoms with Crippen molar-refractivity contribution >= 4 is 11.8 Å². The smallest absolute Gasteiger partial charge is 0.289 e. The molecule has 4 rings (SSSR count). The second kappa shape index (κ2) is 10.2. The van der Waals surface area contributed by atoms with Crippen molar-refractivity contribution in [3.05, 3.63) is 84.2 Å². The number of furan rings is 2. The van der Waals surface area contributed by atoms with Gasteiger partial charge in [-0.25, -0.2) is 0 Å². The maximum Gasteiger partial charge on any atom is 0.289 e. The molecule has 0 unspecified atom stereocenters. The Labute approximate surface area is 182 Å². The zero-order valence-corrected chi connectivity index (χ0v) is 17.6. The van der Waals surface area contributed by atoms with Crippen molar-refractivity contribution in [1.82, 2.24) is 9.80 Å². The number of carbonyl (C=O) groups excluding carboxylic acids is 2. The molecule has 1 fully saturated rings. The van der Waals surface area contributed by atoms with Gasteiger partial charge >= 0.3 is 0 Å². The monoisotopic (exact) mass is 420 g/mol. The molecule has 6 heteroatoms. The summed E-state index contributed by atoms with van der Waals surface area (Å²) in [5.41, 5.74) is 1.36. The predicted octanol–water partition coefficient (Wildman–Crippen LogP) is 4.39. The number of carbonyl (C=O) groups is 2. The second-order valence-corrected chi connectivity index (χ2v) is 8.05. The highest BCUT2D eigenvalue weighted by Gasteiger charge is 2.25. The molecule has 1 aromatic carbocycles. The van der Waals surface area contributed by atoms with Gasteiger partial charge in [-0.1, -0.05) is 30.3 Å². The Morgan fingerprint density at radius 1 is 0.935 bits per heavy atom. The topological polar surface area (TPSA) is 66.9 Å². The van der Waals surface area contributed by atoms with Crippen LogP contribution in [-0.4, -0.2) is 41.2 Å². The maximum absolute atomic E-state index is 12.8. The Hall–Kier alpha value is -3.28. The summed E-state index contributed by atoms with van der Waals surface area (Å²) in [7, 11) is 0. The van der Waals surface area contributed by atoms with Crippen LogP contribution < -0.4 is 0 Å². The first kappa shape index (κ1) is 21.0. The van der Waals surface area contributed by atoms with Crippen molar-refractivity contribution < 1.29 is 18.4 Å². The lowest BCUT2D eigenvalue weighted by molar-refractivity contribution is -0.132. The van der Waals surface area contributed by atoms with Gasteiger partial charge in [0.15, 0.2) is 5.76 Å². The standard InChI is InChI=1S/C25H28N2O4/c28-24(26-13-10-21(11-14-26)18-20-6-2-1-3-7-20)12-15-27(19-22-8-4-16-30-22)25(29)23-9-5-17-31-23/h1-9,16-17,21H,10-15,18-19H2. The molecule has 6 nitrogen and oxygen atoms in total. The van der Waals surface area contributed by atoms with Crippen LogP contribution in [0.3, 0.4) is 0 Å². The first-order valence-corrected chi connectivity index (χ1v) is 10.9. The largest absolute Gasteiger partial charge is 0.467 e. The Kier molecular flexibility index (Phi) is 6.87. The quantitative estimate of drug-likeness (QED) is 0.542. The Bertz CT molecular complexity index is 943. The molecule has 3 heterocycles. The van der Waals surface area contributed by atoms with Gasteiger partial charge in [-0.3, -0.25) is 9.59 Å². The molecule has 3 aromatic rings. The van der Waals surface area contributed by atoms with Crippen LogP contribution in [0.25, 0.3) is 0 Å². The van der Waals surface area contributed by atoms with E-state index in [1.807, 2.05) is 17.0 Å². The van der Waals surface area contributed by atoms with Crippen LogP contribution in [0.15, 0.2) is 76.0 Å². The minimum atomic E-state index is -0.240. The van der Waals surface area contributed by atoms with Crippen LogP contribution in [0.2, 0.25) is 0 Å². The lowest BCUT2D eigenvalue weighted by atomic mass is 9.90. The van der Waals surface area contributed by atoms with Gasteiger partial charge in [-0.05, 0) is 55.0 Å². The van der Waals surface area contributed by atoms with Crippen LogP contribution >= 0.6 is 0 Å². The summed E-state index contributed by atoms with van der Waals surface area (Å²) in [4.78, 5) is 29.2. The summed E-state index contributed by atoms with van der Waals surface area (Å²) in [5, 5.41) is 0. The van der Waals surface area contributed by atoms with E-state index in [4.69, 9.17) is 8.83 Å².